The van der Waals surface area contributed by atoms with Gasteiger partial charge in [-0.1, -0.05) is 29.8 Å². The predicted molar refractivity (Wildman–Crippen MR) is 98.3 cm³/mol. The summed E-state index contributed by atoms with van der Waals surface area (Å²) in [5, 5.41) is 11.7. The number of anilines is 2. The lowest BCUT2D eigenvalue weighted by atomic mass is 10.0. The van der Waals surface area contributed by atoms with Crippen LogP contribution in [0.3, 0.4) is 0 Å². The third-order valence-electron chi connectivity index (χ3n) is 4.24. The first-order valence-electron chi connectivity index (χ1n) is 7.95. The molecule has 0 aliphatic carbocycles. The lowest BCUT2D eigenvalue weighted by molar-refractivity contribution is -0.142. The number of nitriles is 1. The number of halogens is 1. The van der Waals surface area contributed by atoms with E-state index in [0.717, 1.165) is 0 Å². The topological polar surface area (TPSA) is 99.5 Å². The average Bonchev–Trinajstić information content (AvgIpc) is 3.07. The number of benzene rings is 2. The van der Waals surface area contributed by atoms with Gasteiger partial charge in [0.05, 0.1) is 17.7 Å². The van der Waals surface area contributed by atoms with Crippen LogP contribution in [0.15, 0.2) is 42.5 Å². The maximum atomic E-state index is 12.7. The molecule has 1 atom stereocenters. The van der Waals surface area contributed by atoms with Crippen molar-refractivity contribution in [1.29, 1.82) is 5.26 Å². The van der Waals surface area contributed by atoms with Gasteiger partial charge in [-0.2, -0.15) is 5.26 Å². The number of rotatable bonds is 2. The summed E-state index contributed by atoms with van der Waals surface area (Å²) < 4.78 is 4.79. The molecule has 0 fully saturated rings. The molecule has 136 valence electrons. The number of methoxy groups -OCH3 is 1. The van der Waals surface area contributed by atoms with Crippen molar-refractivity contribution in [2.24, 2.45) is 0 Å². The standard InChI is InChI=1S/C19H14ClN3O4/c1-27-19(26)14-10-23(16-5-3-2-4-13(14)16)18(25)17(24)22-12-6-7-15(20)11(8-12)9-21/h2-8,14H,10H2,1H3,(H,22,24)/t14-/m0/s1. The molecule has 0 unspecified atom stereocenters. The van der Waals surface area contributed by atoms with Crippen LogP contribution in [-0.2, 0) is 19.1 Å². The Morgan fingerprint density at radius 1 is 1.26 bits per heavy atom. The number of nitrogens with zero attached hydrogens (tertiary/aromatic N) is 2. The molecule has 1 N–H and O–H groups in total. The minimum atomic E-state index is -0.887. The first kappa shape index (κ1) is 18.4. The first-order valence-corrected chi connectivity index (χ1v) is 8.33. The number of para-hydroxylation sites is 1. The fourth-order valence-electron chi connectivity index (χ4n) is 2.94. The van der Waals surface area contributed by atoms with E-state index in [0.29, 0.717) is 11.3 Å². The van der Waals surface area contributed by atoms with Crippen molar-refractivity contribution >= 4 is 40.8 Å². The van der Waals surface area contributed by atoms with Crippen molar-refractivity contribution in [1.82, 2.24) is 0 Å². The van der Waals surface area contributed by atoms with Crippen molar-refractivity contribution in [2.75, 3.05) is 23.9 Å². The second-order valence-electron chi connectivity index (χ2n) is 5.81. The van der Waals surface area contributed by atoms with E-state index in [9.17, 15) is 14.4 Å². The average molecular weight is 384 g/mol. The summed E-state index contributed by atoms with van der Waals surface area (Å²) in [4.78, 5) is 38.3. The molecule has 0 saturated heterocycles. The lowest BCUT2D eigenvalue weighted by Gasteiger charge is -2.17. The molecule has 2 aromatic rings. The van der Waals surface area contributed by atoms with E-state index in [1.165, 1.54) is 30.2 Å². The van der Waals surface area contributed by atoms with Crippen molar-refractivity contribution in [2.45, 2.75) is 5.92 Å². The van der Waals surface area contributed by atoms with Crippen LogP contribution in [0.2, 0.25) is 5.02 Å². The zero-order valence-corrected chi connectivity index (χ0v) is 15.0. The monoisotopic (exact) mass is 383 g/mol. The summed E-state index contributed by atoms with van der Waals surface area (Å²) in [7, 11) is 1.27. The molecule has 1 aliphatic heterocycles. The van der Waals surface area contributed by atoms with Gasteiger partial charge in [0.15, 0.2) is 0 Å². The molecule has 1 heterocycles. The zero-order chi connectivity index (χ0) is 19.6. The molecule has 8 heteroatoms. The van der Waals surface area contributed by atoms with Crippen molar-refractivity contribution in [3.05, 3.63) is 58.6 Å². The highest BCUT2D eigenvalue weighted by molar-refractivity contribution is 6.44. The maximum Gasteiger partial charge on any atom is 0.316 e. The molecule has 0 radical (unpaired) electrons. The summed E-state index contributed by atoms with van der Waals surface area (Å²) in [5.41, 5.74) is 1.57. The Kier molecular flexibility index (Phi) is 5.10. The number of fused-ring (bicyclic) bond motifs is 1. The normalized spacial score (nSPS) is 14.9. The number of carbonyl (C=O) groups is 3. The van der Waals surface area contributed by atoms with Gasteiger partial charge in [-0.3, -0.25) is 14.4 Å². The van der Waals surface area contributed by atoms with Crippen LogP contribution in [-0.4, -0.2) is 31.4 Å². The third kappa shape index (κ3) is 3.48. The van der Waals surface area contributed by atoms with E-state index in [-0.39, 0.29) is 22.8 Å². The van der Waals surface area contributed by atoms with Crippen LogP contribution in [0, 0.1) is 11.3 Å². The number of nitrogens with one attached hydrogen (secondary N) is 1. The number of carbonyl (C=O) groups excluding carboxylic acids is 3. The highest BCUT2D eigenvalue weighted by atomic mass is 35.5. The molecule has 2 aromatic carbocycles. The number of hydrogen-bond donors (Lipinski definition) is 1. The molecule has 0 aromatic heterocycles. The lowest BCUT2D eigenvalue weighted by Crippen LogP contribution is -2.39. The molecule has 1 aliphatic rings. The van der Waals surface area contributed by atoms with Gasteiger partial charge in [-0.05, 0) is 29.8 Å². The third-order valence-corrected chi connectivity index (χ3v) is 4.57. The molecule has 27 heavy (non-hydrogen) atoms. The van der Waals surface area contributed by atoms with Gasteiger partial charge in [0.25, 0.3) is 0 Å². The van der Waals surface area contributed by atoms with Gasteiger partial charge in [-0.15, -0.1) is 0 Å². The van der Waals surface area contributed by atoms with Crippen molar-refractivity contribution in [3.63, 3.8) is 0 Å². The van der Waals surface area contributed by atoms with Gasteiger partial charge in [0.1, 0.15) is 12.0 Å². The number of esters is 1. The molecule has 3 rings (SSSR count). The SMILES string of the molecule is COC(=O)[C@H]1CN(C(=O)C(=O)Nc2ccc(Cl)c(C#N)c2)c2ccccc21. The Morgan fingerprint density at radius 2 is 2.00 bits per heavy atom. The van der Waals surface area contributed by atoms with E-state index in [4.69, 9.17) is 21.6 Å². The highest BCUT2D eigenvalue weighted by Gasteiger charge is 2.39. The maximum absolute atomic E-state index is 12.7. The molecule has 0 spiro atoms. The zero-order valence-electron chi connectivity index (χ0n) is 14.2. The van der Waals surface area contributed by atoms with Crippen molar-refractivity contribution < 1.29 is 19.1 Å². The van der Waals surface area contributed by atoms with Crippen LogP contribution >= 0.6 is 11.6 Å². The molecular formula is C19H14ClN3O4. The van der Waals surface area contributed by atoms with Crippen LogP contribution in [0.4, 0.5) is 11.4 Å². The van der Waals surface area contributed by atoms with Crippen LogP contribution in [0.25, 0.3) is 0 Å². The molecule has 7 nitrogen and oxygen atoms in total. The number of ether oxygens (including phenoxy) is 1. The fourth-order valence-corrected chi connectivity index (χ4v) is 3.10. The summed E-state index contributed by atoms with van der Waals surface area (Å²) in [6.07, 6.45) is 0. The Hall–Kier alpha value is -3.37. The summed E-state index contributed by atoms with van der Waals surface area (Å²) >= 11 is 5.86. The van der Waals surface area contributed by atoms with Gasteiger partial charge in [0.2, 0.25) is 0 Å². The van der Waals surface area contributed by atoms with E-state index in [2.05, 4.69) is 5.32 Å². The summed E-state index contributed by atoms with van der Waals surface area (Å²) in [5.74, 6) is -2.83. The Labute approximate surface area is 160 Å². The summed E-state index contributed by atoms with van der Waals surface area (Å²) in [6, 6.07) is 13.1. The second-order valence-corrected chi connectivity index (χ2v) is 6.22. The van der Waals surface area contributed by atoms with Gasteiger partial charge in [0, 0.05) is 17.9 Å². The highest BCUT2D eigenvalue weighted by Crippen LogP contribution is 2.36. The Balaban J connectivity index is 1.83. The summed E-state index contributed by atoms with van der Waals surface area (Å²) in [6.45, 7) is 0.0162. The number of amides is 2. The van der Waals surface area contributed by atoms with Gasteiger partial charge >= 0.3 is 17.8 Å². The molecular weight excluding hydrogens is 370 g/mol. The van der Waals surface area contributed by atoms with Crippen LogP contribution < -0.4 is 10.2 Å². The largest absolute Gasteiger partial charge is 0.468 e. The molecule has 0 bridgehead atoms. The van der Waals surface area contributed by atoms with E-state index >= 15 is 0 Å². The van der Waals surface area contributed by atoms with Gasteiger partial charge in [-0.25, -0.2) is 0 Å². The smallest absolute Gasteiger partial charge is 0.316 e. The van der Waals surface area contributed by atoms with Crippen LogP contribution in [0.5, 0.6) is 0 Å². The minimum absolute atomic E-state index is 0.0162. The van der Waals surface area contributed by atoms with Gasteiger partial charge < -0.3 is 15.0 Å². The fraction of sp³-hybridized carbons (Fsp3) is 0.158. The van der Waals surface area contributed by atoms with E-state index in [1.807, 2.05) is 6.07 Å². The second kappa shape index (κ2) is 7.48. The first-order chi connectivity index (χ1) is 13.0. The Bertz CT molecular complexity index is 983. The minimum Gasteiger partial charge on any atom is -0.468 e. The van der Waals surface area contributed by atoms with E-state index < -0.39 is 23.7 Å². The Morgan fingerprint density at radius 3 is 2.70 bits per heavy atom. The molecule has 0 saturated carbocycles. The predicted octanol–water partition coefficient (Wildman–Crippen LogP) is 2.45. The molecule has 2 amide bonds. The quantitative estimate of drug-likeness (QED) is 0.634. The van der Waals surface area contributed by atoms with E-state index in [1.54, 1.807) is 24.3 Å². The van der Waals surface area contributed by atoms with Crippen LogP contribution in [0.1, 0.15) is 17.0 Å². The number of hydrogen-bond acceptors (Lipinski definition) is 5. The van der Waals surface area contributed by atoms with Crippen molar-refractivity contribution in [3.8, 4) is 6.07 Å².